The quantitative estimate of drug-likeness (QED) is 0.694. The van der Waals surface area contributed by atoms with Gasteiger partial charge in [0.1, 0.15) is 0 Å². The SMILES string of the molecule is Fc1ccc(CN2CCCCCC2)cn1. The van der Waals surface area contributed by atoms with Crippen LogP contribution in [0.2, 0.25) is 0 Å². The first kappa shape index (κ1) is 10.6. The van der Waals surface area contributed by atoms with Crippen molar-refractivity contribution in [1.82, 2.24) is 9.88 Å². The molecule has 0 aliphatic carbocycles. The van der Waals surface area contributed by atoms with Crippen LogP contribution in [0.1, 0.15) is 31.2 Å². The number of halogens is 1. The van der Waals surface area contributed by atoms with E-state index in [1.54, 1.807) is 6.20 Å². The first-order valence-corrected chi connectivity index (χ1v) is 5.67. The summed E-state index contributed by atoms with van der Waals surface area (Å²) in [6.07, 6.45) is 6.90. The summed E-state index contributed by atoms with van der Waals surface area (Å²) in [7, 11) is 0. The molecule has 0 bridgehead atoms. The van der Waals surface area contributed by atoms with Gasteiger partial charge in [0.2, 0.25) is 5.95 Å². The molecule has 1 fully saturated rings. The molecule has 1 aromatic heterocycles. The third-order valence-corrected chi connectivity index (χ3v) is 2.89. The van der Waals surface area contributed by atoms with E-state index in [1.807, 2.05) is 6.07 Å². The Hall–Kier alpha value is -0.960. The van der Waals surface area contributed by atoms with Crippen molar-refractivity contribution in [2.45, 2.75) is 32.2 Å². The van der Waals surface area contributed by atoms with Gasteiger partial charge in [-0.2, -0.15) is 4.39 Å². The lowest BCUT2D eigenvalue weighted by atomic mass is 10.2. The van der Waals surface area contributed by atoms with E-state index in [0.29, 0.717) is 0 Å². The molecule has 1 aromatic rings. The zero-order valence-electron chi connectivity index (χ0n) is 8.95. The molecule has 0 saturated carbocycles. The van der Waals surface area contributed by atoms with E-state index >= 15 is 0 Å². The van der Waals surface area contributed by atoms with E-state index in [9.17, 15) is 4.39 Å². The molecule has 0 atom stereocenters. The number of hydrogen-bond acceptors (Lipinski definition) is 2. The normalized spacial score (nSPS) is 18.7. The van der Waals surface area contributed by atoms with E-state index in [2.05, 4.69) is 9.88 Å². The minimum atomic E-state index is -0.394. The van der Waals surface area contributed by atoms with Crippen molar-refractivity contribution >= 4 is 0 Å². The monoisotopic (exact) mass is 208 g/mol. The van der Waals surface area contributed by atoms with Gasteiger partial charge in [-0.25, -0.2) is 4.98 Å². The molecule has 1 aliphatic rings. The van der Waals surface area contributed by atoms with Crippen molar-refractivity contribution in [3.8, 4) is 0 Å². The fourth-order valence-electron chi connectivity index (χ4n) is 2.05. The van der Waals surface area contributed by atoms with Gasteiger partial charge in [-0.1, -0.05) is 18.9 Å². The third kappa shape index (κ3) is 3.27. The Labute approximate surface area is 90.1 Å². The molecule has 82 valence electrons. The Morgan fingerprint density at radius 1 is 1.13 bits per heavy atom. The molecule has 0 spiro atoms. The molecule has 1 saturated heterocycles. The molecule has 0 amide bonds. The maximum Gasteiger partial charge on any atom is 0.212 e. The van der Waals surface area contributed by atoms with Crippen LogP contribution < -0.4 is 0 Å². The van der Waals surface area contributed by atoms with Crippen LogP contribution in [0.15, 0.2) is 18.3 Å². The van der Waals surface area contributed by atoms with E-state index in [-0.39, 0.29) is 0 Å². The highest BCUT2D eigenvalue weighted by molar-refractivity contribution is 5.09. The Bertz CT molecular complexity index is 289. The van der Waals surface area contributed by atoms with Crippen molar-refractivity contribution < 1.29 is 4.39 Å². The second-order valence-electron chi connectivity index (χ2n) is 4.18. The molecular formula is C12H17FN2. The first-order valence-electron chi connectivity index (χ1n) is 5.67. The average Bonchev–Trinajstić information content (AvgIpc) is 2.50. The lowest BCUT2D eigenvalue weighted by Crippen LogP contribution is -2.24. The maximum atomic E-state index is 12.6. The molecule has 0 N–H and O–H groups in total. The Kier molecular flexibility index (Phi) is 3.67. The summed E-state index contributed by atoms with van der Waals surface area (Å²) in [6, 6.07) is 3.26. The topological polar surface area (TPSA) is 16.1 Å². The number of likely N-dealkylation sites (tertiary alicyclic amines) is 1. The number of hydrogen-bond donors (Lipinski definition) is 0. The molecule has 2 heterocycles. The predicted octanol–water partition coefficient (Wildman–Crippen LogP) is 2.60. The van der Waals surface area contributed by atoms with Crippen molar-refractivity contribution in [2.24, 2.45) is 0 Å². The summed E-state index contributed by atoms with van der Waals surface area (Å²) in [5, 5.41) is 0. The third-order valence-electron chi connectivity index (χ3n) is 2.89. The molecule has 2 nitrogen and oxygen atoms in total. The second-order valence-corrected chi connectivity index (χ2v) is 4.18. The van der Waals surface area contributed by atoms with E-state index in [0.717, 1.165) is 25.2 Å². The largest absolute Gasteiger partial charge is 0.299 e. The Morgan fingerprint density at radius 2 is 1.87 bits per heavy atom. The summed E-state index contributed by atoms with van der Waals surface area (Å²) >= 11 is 0. The standard InChI is InChI=1S/C12H17FN2/c13-12-6-5-11(9-14-12)10-15-7-3-1-2-4-8-15/h5-6,9H,1-4,7-8,10H2. The van der Waals surface area contributed by atoms with Crippen LogP contribution in [0.5, 0.6) is 0 Å². The van der Waals surface area contributed by atoms with Crippen LogP contribution in [-0.2, 0) is 6.54 Å². The molecule has 15 heavy (non-hydrogen) atoms. The summed E-state index contributed by atoms with van der Waals surface area (Å²) in [6.45, 7) is 3.24. The zero-order chi connectivity index (χ0) is 10.5. The van der Waals surface area contributed by atoms with E-state index in [4.69, 9.17) is 0 Å². The van der Waals surface area contributed by atoms with Gasteiger partial charge < -0.3 is 0 Å². The summed E-state index contributed by atoms with van der Waals surface area (Å²) in [5.74, 6) is -0.394. The van der Waals surface area contributed by atoms with E-state index in [1.165, 1.54) is 31.7 Å². The fourth-order valence-corrected chi connectivity index (χ4v) is 2.05. The summed E-state index contributed by atoms with van der Waals surface area (Å²) in [4.78, 5) is 6.11. The number of rotatable bonds is 2. The van der Waals surface area contributed by atoms with Gasteiger partial charge in [0.05, 0.1) is 0 Å². The van der Waals surface area contributed by atoms with Crippen molar-refractivity contribution in [1.29, 1.82) is 0 Å². The zero-order valence-corrected chi connectivity index (χ0v) is 8.95. The average molecular weight is 208 g/mol. The number of aromatic nitrogens is 1. The van der Waals surface area contributed by atoms with Gasteiger partial charge in [0.25, 0.3) is 0 Å². The molecule has 0 unspecified atom stereocenters. The predicted molar refractivity (Wildman–Crippen MR) is 57.9 cm³/mol. The second kappa shape index (κ2) is 5.21. The van der Waals surface area contributed by atoms with Crippen molar-refractivity contribution in [3.63, 3.8) is 0 Å². The minimum Gasteiger partial charge on any atom is -0.299 e. The van der Waals surface area contributed by atoms with Crippen molar-refractivity contribution in [2.75, 3.05) is 13.1 Å². The van der Waals surface area contributed by atoms with Gasteiger partial charge in [-0.05, 0) is 37.6 Å². The van der Waals surface area contributed by atoms with Crippen LogP contribution >= 0.6 is 0 Å². The number of pyridine rings is 1. The Morgan fingerprint density at radius 3 is 2.47 bits per heavy atom. The lowest BCUT2D eigenvalue weighted by molar-refractivity contribution is 0.276. The van der Waals surface area contributed by atoms with Gasteiger partial charge >= 0.3 is 0 Å². The van der Waals surface area contributed by atoms with Crippen molar-refractivity contribution in [3.05, 3.63) is 29.8 Å². The first-order chi connectivity index (χ1) is 7.34. The Balaban J connectivity index is 1.92. The van der Waals surface area contributed by atoms with Crippen LogP contribution in [0.25, 0.3) is 0 Å². The highest BCUT2D eigenvalue weighted by Crippen LogP contribution is 2.12. The molecule has 3 heteroatoms. The number of nitrogens with zero attached hydrogens (tertiary/aromatic N) is 2. The lowest BCUT2D eigenvalue weighted by Gasteiger charge is -2.19. The molecule has 0 radical (unpaired) electrons. The highest BCUT2D eigenvalue weighted by Gasteiger charge is 2.09. The minimum absolute atomic E-state index is 0.394. The van der Waals surface area contributed by atoms with Gasteiger partial charge in [0.15, 0.2) is 0 Å². The molecule has 1 aliphatic heterocycles. The van der Waals surface area contributed by atoms with E-state index < -0.39 is 5.95 Å². The smallest absolute Gasteiger partial charge is 0.212 e. The van der Waals surface area contributed by atoms with Crippen LogP contribution in [0.4, 0.5) is 4.39 Å². The highest BCUT2D eigenvalue weighted by atomic mass is 19.1. The maximum absolute atomic E-state index is 12.6. The van der Waals surface area contributed by atoms with Crippen LogP contribution in [0, 0.1) is 5.95 Å². The van der Waals surface area contributed by atoms with Crippen LogP contribution in [-0.4, -0.2) is 23.0 Å². The summed E-state index contributed by atoms with van der Waals surface area (Å²) < 4.78 is 12.6. The van der Waals surface area contributed by atoms with Gasteiger partial charge in [-0.15, -0.1) is 0 Å². The molecule has 0 aromatic carbocycles. The van der Waals surface area contributed by atoms with Gasteiger partial charge in [0, 0.05) is 12.7 Å². The summed E-state index contributed by atoms with van der Waals surface area (Å²) in [5.41, 5.74) is 1.11. The van der Waals surface area contributed by atoms with Crippen LogP contribution in [0.3, 0.4) is 0 Å². The molecule has 2 rings (SSSR count). The van der Waals surface area contributed by atoms with Gasteiger partial charge in [-0.3, -0.25) is 4.90 Å². The fraction of sp³-hybridized carbons (Fsp3) is 0.583. The molecular weight excluding hydrogens is 191 g/mol.